The molecule has 25 heavy (non-hydrogen) atoms. The Kier molecular flexibility index (Phi) is 4.51. The lowest BCUT2D eigenvalue weighted by atomic mass is 10.2. The van der Waals surface area contributed by atoms with Crippen molar-refractivity contribution in [2.75, 3.05) is 5.73 Å². The van der Waals surface area contributed by atoms with Gasteiger partial charge in [0.1, 0.15) is 23.0 Å². The molecule has 0 aromatic heterocycles. The summed E-state index contributed by atoms with van der Waals surface area (Å²) in [5.74, 6) is 2.23. The molecule has 3 rings (SSSR count). The maximum atomic E-state index is 8.82. The Balaban J connectivity index is 1.79. The van der Waals surface area contributed by atoms with E-state index in [0.717, 1.165) is 0 Å². The molecule has 120 valence electrons. The van der Waals surface area contributed by atoms with Crippen molar-refractivity contribution in [3.8, 4) is 35.1 Å². The van der Waals surface area contributed by atoms with Crippen molar-refractivity contribution in [1.82, 2.24) is 0 Å². The van der Waals surface area contributed by atoms with Crippen molar-refractivity contribution in [2.24, 2.45) is 0 Å². The number of benzene rings is 3. The van der Waals surface area contributed by atoms with E-state index in [1.807, 2.05) is 0 Å². The maximum Gasteiger partial charge on any atom is 0.133 e. The zero-order valence-electron chi connectivity index (χ0n) is 13.1. The van der Waals surface area contributed by atoms with Crippen LogP contribution in [0.15, 0.2) is 66.7 Å². The molecular weight excluding hydrogens is 314 g/mol. The molecule has 0 radical (unpaired) electrons. The topological polar surface area (TPSA) is 92.1 Å². The Morgan fingerprint density at radius 2 is 1.00 bits per heavy atom. The normalized spacial score (nSPS) is 9.68. The lowest BCUT2D eigenvalue weighted by Gasteiger charge is -2.10. The second-order valence-corrected chi connectivity index (χ2v) is 5.21. The van der Waals surface area contributed by atoms with Gasteiger partial charge < -0.3 is 15.2 Å². The summed E-state index contributed by atoms with van der Waals surface area (Å²) >= 11 is 0. The number of ether oxygens (including phenoxy) is 2. The summed E-state index contributed by atoms with van der Waals surface area (Å²) in [5.41, 5.74) is 7.53. The SMILES string of the molecule is N#Cc1ccc(Oc2cc(N)cc(Oc3ccc(C#N)cc3)c2)cc1. The fraction of sp³-hybridized carbons (Fsp3) is 0. The number of hydrogen-bond donors (Lipinski definition) is 1. The monoisotopic (exact) mass is 327 g/mol. The Morgan fingerprint density at radius 3 is 1.36 bits per heavy atom. The summed E-state index contributed by atoms with van der Waals surface area (Å²) in [7, 11) is 0. The Morgan fingerprint density at radius 1 is 0.600 bits per heavy atom. The average molecular weight is 327 g/mol. The predicted molar refractivity (Wildman–Crippen MR) is 93.3 cm³/mol. The fourth-order valence-electron chi connectivity index (χ4n) is 2.18. The van der Waals surface area contributed by atoms with Crippen molar-refractivity contribution in [3.63, 3.8) is 0 Å². The highest BCUT2D eigenvalue weighted by Crippen LogP contribution is 2.31. The average Bonchev–Trinajstić information content (AvgIpc) is 2.62. The first kappa shape index (κ1) is 15.9. The molecule has 0 saturated heterocycles. The van der Waals surface area contributed by atoms with Gasteiger partial charge in [0.05, 0.1) is 23.3 Å². The van der Waals surface area contributed by atoms with Crippen molar-refractivity contribution < 1.29 is 9.47 Å². The summed E-state index contributed by atoms with van der Waals surface area (Å²) in [6.07, 6.45) is 0. The highest BCUT2D eigenvalue weighted by atomic mass is 16.5. The third kappa shape index (κ3) is 4.07. The van der Waals surface area contributed by atoms with E-state index in [-0.39, 0.29) is 0 Å². The molecule has 0 spiro atoms. The van der Waals surface area contributed by atoms with Gasteiger partial charge in [-0.3, -0.25) is 0 Å². The van der Waals surface area contributed by atoms with Crippen LogP contribution >= 0.6 is 0 Å². The molecule has 5 heteroatoms. The molecule has 2 N–H and O–H groups in total. The van der Waals surface area contributed by atoms with Gasteiger partial charge in [0.2, 0.25) is 0 Å². The van der Waals surface area contributed by atoms with E-state index >= 15 is 0 Å². The quantitative estimate of drug-likeness (QED) is 0.707. The van der Waals surface area contributed by atoms with Crippen LogP contribution in [0.25, 0.3) is 0 Å². The van der Waals surface area contributed by atoms with E-state index in [1.54, 1.807) is 66.7 Å². The molecule has 5 nitrogen and oxygen atoms in total. The van der Waals surface area contributed by atoms with Gasteiger partial charge in [-0.2, -0.15) is 10.5 Å². The minimum absolute atomic E-state index is 0.495. The number of nitriles is 2. The van der Waals surface area contributed by atoms with Crippen molar-refractivity contribution in [2.45, 2.75) is 0 Å². The summed E-state index contributed by atoms with van der Waals surface area (Å²) in [5, 5.41) is 17.6. The van der Waals surface area contributed by atoms with Crippen LogP contribution in [-0.2, 0) is 0 Å². The first-order valence-electron chi connectivity index (χ1n) is 7.43. The van der Waals surface area contributed by atoms with Crippen molar-refractivity contribution in [3.05, 3.63) is 77.9 Å². The van der Waals surface area contributed by atoms with Gasteiger partial charge in [-0.1, -0.05) is 0 Å². The van der Waals surface area contributed by atoms with Gasteiger partial charge in [-0.05, 0) is 48.5 Å². The second-order valence-electron chi connectivity index (χ2n) is 5.21. The molecule has 0 fully saturated rings. The Hall–Kier alpha value is -3.96. The number of hydrogen-bond acceptors (Lipinski definition) is 5. The van der Waals surface area contributed by atoms with Gasteiger partial charge in [-0.25, -0.2) is 0 Å². The third-order valence-corrected chi connectivity index (χ3v) is 3.34. The maximum absolute atomic E-state index is 8.82. The molecule has 3 aromatic carbocycles. The molecule has 0 aliphatic rings. The van der Waals surface area contributed by atoms with Crippen LogP contribution in [0, 0.1) is 22.7 Å². The summed E-state index contributed by atoms with van der Waals surface area (Å²) in [4.78, 5) is 0. The van der Waals surface area contributed by atoms with Crippen LogP contribution in [0.3, 0.4) is 0 Å². The van der Waals surface area contributed by atoms with E-state index in [0.29, 0.717) is 39.8 Å². The van der Waals surface area contributed by atoms with E-state index in [9.17, 15) is 0 Å². The summed E-state index contributed by atoms with van der Waals surface area (Å²) in [6, 6.07) is 22.7. The number of nitrogens with two attached hydrogens (primary N) is 1. The van der Waals surface area contributed by atoms with Crippen LogP contribution in [0.2, 0.25) is 0 Å². The Labute approximate surface area is 145 Å². The molecule has 0 amide bonds. The smallest absolute Gasteiger partial charge is 0.133 e. The van der Waals surface area contributed by atoms with Crippen LogP contribution in [0.1, 0.15) is 11.1 Å². The molecule has 0 aliphatic carbocycles. The molecule has 0 aliphatic heterocycles. The first-order chi connectivity index (χ1) is 12.2. The van der Waals surface area contributed by atoms with Crippen molar-refractivity contribution >= 4 is 5.69 Å². The standard InChI is InChI=1S/C20H13N3O2/c21-12-14-1-5-17(6-2-14)24-19-9-16(23)10-20(11-19)25-18-7-3-15(13-22)4-8-18/h1-11H,23H2. The molecule has 0 atom stereocenters. The van der Waals surface area contributed by atoms with E-state index < -0.39 is 0 Å². The van der Waals surface area contributed by atoms with Gasteiger partial charge in [-0.15, -0.1) is 0 Å². The fourth-order valence-corrected chi connectivity index (χ4v) is 2.18. The van der Waals surface area contributed by atoms with Gasteiger partial charge in [0, 0.05) is 23.9 Å². The largest absolute Gasteiger partial charge is 0.457 e. The van der Waals surface area contributed by atoms with Crippen molar-refractivity contribution in [1.29, 1.82) is 10.5 Å². The van der Waals surface area contributed by atoms with Crippen LogP contribution in [-0.4, -0.2) is 0 Å². The number of rotatable bonds is 4. The van der Waals surface area contributed by atoms with Crippen LogP contribution in [0.4, 0.5) is 5.69 Å². The van der Waals surface area contributed by atoms with E-state index in [1.165, 1.54) is 0 Å². The van der Waals surface area contributed by atoms with Crippen LogP contribution in [0.5, 0.6) is 23.0 Å². The van der Waals surface area contributed by atoms with Gasteiger partial charge in [0.25, 0.3) is 0 Å². The molecule has 0 heterocycles. The summed E-state index contributed by atoms with van der Waals surface area (Å²) < 4.78 is 11.5. The van der Waals surface area contributed by atoms with E-state index in [4.69, 9.17) is 25.7 Å². The van der Waals surface area contributed by atoms with Crippen LogP contribution < -0.4 is 15.2 Å². The molecule has 0 saturated carbocycles. The molecular formula is C20H13N3O2. The number of nitrogen functional groups attached to an aromatic ring is 1. The predicted octanol–water partition coefficient (Wildman–Crippen LogP) is 4.60. The minimum atomic E-state index is 0.495. The number of anilines is 1. The lowest BCUT2D eigenvalue weighted by molar-refractivity contribution is 0.461. The Bertz CT molecular complexity index is 888. The third-order valence-electron chi connectivity index (χ3n) is 3.34. The second kappa shape index (κ2) is 7.08. The molecule has 0 unspecified atom stereocenters. The van der Waals surface area contributed by atoms with Gasteiger partial charge >= 0.3 is 0 Å². The highest BCUT2D eigenvalue weighted by molar-refractivity contribution is 5.52. The summed E-state index contributed by atoms with van der Waals surface area (Å²) in [6.45, 7) is 0. The first-order valence-corrected chi connectivity index (χ1v) is 7.43. The zero-order valence-corrected chi connectivity index (χ0v) is 13.1. The lowest BCUT2D eigenvalue weighted by Crippen LogP contribution is -1.92. The van der Waals surface area contributed by atoms with E-state index in [2.05, 4.69) is 12.1 Å². The minimum Gasteiger partial charge on any atom is -0.457 e. The zero-order chi connectivity index (χ0) is 17.6. The molecule has 3 aromatic rings. The molecule has 0 bridgehead atoms. The number of nitrogens with zero attached hydrogens (tertiary/aromatic N) is 2. The highest BCUT2D eigenvalue weighted by Gasteiger charge is 2.05. The van der Waals surface area contributed by atoms with Gasteiger partial charge in [0.15, 0.2) is 0 Å².